The lowest BCUT2D eigenvalue weighted by molar-refractivity contribution is -0.116. The van der Waals surface area contributed by atoms with Crippen LogP contribution >= 0.6 is 0 Å². The molecule has 0 spiro atoms. The highest BCUT2D eigenvalue weighted by Crippen LogP contribution is 2.15. The fourth-order valence-electron chi connectivity index (χ4n) is 2.14. The summed E-state index contributed by atoms with van der Waals surface area (Å²) in [7, 11) is 0. The number of hydrogen-bond acceptors (Lipinski definition) is 3. The Hall–Kier alpha value is -3.22. The lowest BCUT2D eigenvalue weighted by Crippen LogP contribution is -2.20. The summed E-state index contributed by atoms with van der Waals surface area (Å²) >= 11 is 0. The summed E-state index contributed by atoms with van der Waals surface area (Å²) in [4.78, 5) is 22.9. The second-order valence-electron chi connectivity index (χ2n) is 5.38. The van der Waals surface area contributed by atoms with Crippen molar-refractivity contribution in [1.29, 1.82) is 0 Å². The van der Waals surface area contributed by atoms with Crippen LogP contribution in [0.3, 0.4) is 0 Å². The van der Waals surface area contributed by atoms with Crippen molar-refractivity contribution < 1.29 is 23.1 Å². The Bertz CT molecular complexity index is 790. The van der Waals surface area contributed by atoms with Gasteiger partial charge in [-0.1, -0.05) is 24.3 Å². The molecule has 136 valence electrons. The molecule has 0 radical (unpaired) electrons. The predicted octanol–water partition coefficient (Wildman–Crippen LogP) is 3.58. The Balaban J connectivity index is 1.86. The molecule has 0 aliphatic rings. The quantitative estimate of drug-likeness (QED) is 0.742. The molecule has 0 aromatic heterocycles. The van der Waals surface area contributed by atoms with Crippen LogP contribution in [0.5, 0.6) is 5.75 Å². The smallest absolute Gasteiger partial charge is 0.387 e. The summed E-state index contributed by atoms with van der Waals surface area (Å²) in [6, 6.07) is 13.1. The van der Waals surface area contributed by atoms with E-state index in [9.17, 15) is 18.4 Å². The molecule has 2 N–H and O–H groups in total. The van der Waals surface area contributed by atoms with Gasteiger partial charge < -0.3 is 15.4 Å². The van der Waals surface area contributed by atoms with Crippen LogP contribution in [0.1, 0.15) is 18.1 Å². The van der Waals surface area contributed by atoms with Crippen molar-refractivity contribution in [3.05, 3.63) is 65.7 Å². The van der Waals surface area contributed by atoms with Crippen LogP contribution in [0.25, 0.3) is 6.08 Å². The number of amides is 2. The first kappa shape index (κ1) is 19.1. The zero-order chi connectivity index (χ0) is 18.9. The molecule has 7 heteroatoms. The van der Waals surface area contributed by atoms with Gasteiger partial charge in [-0.3, -0.25) is 9.59 Å². The molecule has 2 aromatic rings. The van der Waals surface area contributed by atoms with Crippen LogP contribution < -0.4 is 15.4 Å². The summed E-state index contributed by atoms with van der Waals surface area (Å²) in [5, 5.41) is 5.40. The van der Waals surface area contributed by atoms with Crippen molar-refractivity contribution in [1.82, 2.24) is 5.32 Å². The number of alkyl halides is 2. The largest absolute Gasteiger partial charge is 0.435 e. The van der Waals surface area contributed by atoms with Crippen molar-refractivity contribution in [2.45, 2.75) is 20.1 Å². The van der Waals surface area contributed by atoms with E-state index in [-0.39, 0.29) is 17.6 Å². The molecule has 0 aliphatic heterocycles. The molecule has 0 saturated heterocycles. The maximum absolute atomic E-state index is 12.1. The average Bonchev–Trinajstić information content (AvgIpc) is 2.58. The molecule has 2 aromatic carbocycles. The molecule has 0 saturated carbocycles. The summed E-state index contributed by atoms with van der Waals surface area (Å²) in [5.41, 5.74) is 2.17. The van der Waals surface area contributed by atoms with Crippen LogP contribution in [-0.4, -0.2) is 18.4 Å². The molecule has 0 unspecified atom stereocenters. The first-order valence-electron chi connectivity index (χ1n) is 7.80. The fourth-order valence-corrected chi connectivity index (χ4v) is 2.14. The normalized spacial score (nSPS) is 10.8. The molecular formula is C19H18F2N2O3. The van der Waals surface area contributed by atoms with Gasteiger partial charge in [0.15, 0.2) is 0 Å². The highest BCUT2D eigenvalue weighted by molar-refractivity contribution is 5.91. The van der Waals surface area contributed by atoms with Gasteiger partial charge in [0, 0.05) is 25.2 Å². The van der Waals surface area contributed by atoms with E-state index in [0.717, 1.165) is 5.56 Å². The fraction of sp³-hybridized carbons (Fsp3) is 0.158. The van der Waals surface area contributed by atoms with Gasteiger partial charge in [0.25, 0.3) is 0 Å². The minimum Gasteiger partial charge on any atom is -0.435 e. The van der Waals surface area contributed by atoms with E-state index in [2.05, 4.69) is 15.4 Å². The molecule has 0 fully saturated rings. The second kappa shape index (κ2) is 9.31. The number of nitrogens with one attached hydrogen (secondary N) is 2. The third kappa shape index (κ3) is 6.72. The standard InChI is InChI=1S/C19H18F2N2O3/c1-13(24)23-16-4-2-3-15(11-16)12-22-18(25)10-7-14-5-8-17(9-6-14)26-19(20)21/h2-11,19H,12H2,1H3,(H,22,25)(H,23,24)/b10-7+. The highest BCUT2D eigenvalue weighted by Gasteiger charge is 2.03. The van der Waals surface area contributed by atoms with Gasteiger partial charge in [-0.25, -0.2) is 0 Å². The van der Waals surface area contributed by atoms with Crippen molar-refractivity contribution in [2.24, 2.45) is 0 Å². The number of halogens is 2. The van der Waals surface area contributed by atoms with Crippen LogP contribution in [0.4, 0.5) is 14.5 Å². The van der Waals surface area contributed by atoms with Crippen LogP contribution in [0, 0.1) is 0 Å². The third-order valence-electron chi connectivity index (χ3n) is 3.25. The molecule has 0 heterocycles. The maximum Gasteiger partial charge on any atom is 0.387 e. The third-order valence-corrected chi connectivity index (χ3v) is 3.25. The Kier molecular flexibility index (Phi) is 6.84. The SMILES string of the molecule is CC(=O)Nc1cccc(CNC(=O)/C=C/c2ccc(OC(F)F)cc2)c1. The van der Waals surface area contributed by atoms with Crippen LogP contribution in [0.15, 0.2) is 54.6 Å². The number of carbonyl (C=O) groups is 2. The number of ether oxygens (including phenoxy) is 1. The minimum absolute atomic E-state index is 0.0562. The number of hydrogen-bond donors (Lipinski definition) is 2. The monoisotopic (exact) mass is 360 g/mol. The number of anilines is 1. The van der Waals surface area contributed by atoms with E-state index in [1.807, 2.05) is 6.07 Å². The molecular weight excluding hydrogens is 342 g/mol. The van der Waals surface area contributed by atoms with Crippen LogP contribution in [-0.2, 0) is 16.1 Å². The van der Waals surface area contributed by atoms with Gasteiger partial charge in [-0.2, -0.15) is 8.78 Å². The lowest BCUT2D eigenvalue weighted by Gasteiger charge is -2.06. The van der Waals surface area contributed by atoms with Crippen molar-refractivity contribution in [2.75, 3.05) is 5.32 Å². The summed E-state index contributed by atoms with van der Waals surface area (Å²) in [5.74, 6) is -0.414. The zero-order valence-corrected chi connectivity index (χ0v) is 14.0. The topological polar surface area (TPSA) is 67.4 Å². The minimum atomic E-state index is -2.87. The number of rotatable bonds is 7. The van der Waals surface area contributed by atoms with Crippen molar-refractivity contribution in [3.63, 3.8) is 0 Å². The number of benzene rings is 2. The Morgan fingerprint density at radius 1 is 1.15 bits per heavy atom. The van der Waals surface area contributed by atoms with E-state index in [4.69, 9.17) is 0 Å². The molecule has 2 rings (SSSR count). The van der Waals surface area contributed by atoms with E-state index in [0.29, 0.717) is 17.8 Å². The van der Waals surface area contributed by atoms with Gasteiger partial charge >= 0.3 is 6.61 Å². The molecule has 0 bridgehead atoms. The highest BCUT2D eigenvalue weighted by atomic mass is 19.3. The van der Waals surface area contributed by atoms with E-state index >= 15 is 0 Å². The lowest BCUT2D eigenvalue weighted by atomic mass is 10.2. The van der Waals surface area contributed by atoms with Crippen LogP contribution in [0.2, 0.25) is 0 Å². The maximum atomic E-state index is 12.1. The van der Waals surface area contributed by atoms with Crippen molar-refractivity contribution in [3.8, 4) is 5.75 Å². The summed E-state index contributed by atoms with van der Waals surface area (Å²) in [6.45, 7) is -1.14. The Morgan fingerprint density at radius 3 is 2.54 bits per heavy atom. The average molecular weight is 360 g/mol. The Labute approximate surface area is 149 Å². The van der Waals surface area contributed by atoms with E-state index in [1.54, 1.807) is 36.4 Å². The van der Waals surface area contributed by atoms with Gasteiger partial charge in [-0.15, -0.1) is 0 Å². The van der Waals surface area contributed by atoms with Gasteiger partial charge in [-0.05, 0) is 41.5 Å². The summed E-state index contributed by atoms with van der Waals surface area (Å²) in [6.07, 6.45) is 2.91. The molecule has 0 aliphatic carbocycles. The summed E-state index contributed by atoms with van der Waals surface area (Å²) < 4.78 is 28.4. The van der Waals surface area contributed by atoms with E-state index < -0.39 is 6.61 Å². The zero-order valence-electron chi connectivity index (χ0n) is 14.0. The van der Waals surface area contributed by atoms with Gasteiger partial charge in [0.05, 0.1) is 0 Å². The molecule has 26 heavy (non-hydrogen) atoms. The van der Waals surface area contributed by atoms with Crippen molar-refractivity contribution >= 4 is 23.6 Å². The second-order valence-corrected chi connectivity index (χ2v) is 5.38. The van der Waals surface area contributed by atoms with E-state index in [1.165, 1.54) is 25.1 Å². The predicted molar refractivity (Wildman–Crippen MR) is 94.7 cm³/mol. The number of carbonyl (C=O) groups excluding carboxylic acids is 2. The van der Waals surface area contributed by atoms with Gasteiger partial charge in [0.2, 0.25) is 11.8 Å². The Morgan fingerprint density at radius 2 is 1.88 bits per heavy atom. The first-order valence-corrected chi connectivity index (χ1v) is 7.80. The first-order chi connectivity index (χ1) is 12.4. The van der Waals surface area contributed by atoms with Gasteiger partial charge in [0.1, 0.15) is 5.75 Å². The molecule has 2 amide bonds. The molecule has 5 nitrogen and oxygen atoms in total. The molecule has 0 atom stereocenters.